The molecule has 1 atom stereocenters. The molecule has 2 aromatic rings. The Morgan fingerprint density at radius 2 is 2.11 bits per heavy atom. The highest BCUT2D eigenvalue weighted by atomic mass is 16.5. The minimum absolute atomic E-state index is 0.0942. The molecule has 0 spiro atoms. The molecule has 1 fully saturated rings. The Labute approximate surface area is 168 Å². The molecule has 0 radical (unpaired) electrons. The van der Waals surface area contributed by atoms with E-state index in [-0.39, 0.29) is 5.91 Å². The van der Waals surface area contributed by atoms with Crippen molar-refractivity contribution in [2.24, 2.45) is 5.92 Å². The van der Waals surface area contributed by atoms with E-state index in [9.17, 15) is 4.79 Å². The first-order valence-electron chi connectivity index (χ1n) is 10.2. The summed E-state index contributed by atoms with van der Waals surface area (Å²) in [7, 11) is 3.65. The second-order valence-electron chi connectivity index (χ2n) is 8.07. The Bertz CT molecular complexity index is 799. The van der Waals surface area contributed by atoms with Crippen LogP contribution in [0.25, 0.3) is 0 Å². The Hall–Kier alpha value is -2.27. The van der Waals surface area contributed by atoms with Crippen molar-refractivity contribution in [1.29, 1.82) is 0 Å². The van der Waals surface area contributed by atoms with E-state index in [1.807, 2.05) is 44.0 Å². The molecule has 1 aromatic carbocycles. The summed E-state index contributed by atoms with van der Waals surface area (Å²) in [5.74, 6) is 1.59. The molecule has 5 heteroatoms. The number of H-pyrrole nitrogens is 1. The number of piperidine rings is 1. The number of para-hydroxylation sites is 1. The molecule has 3 rings (SSSR count). The monoisotopic (exact) mass is 383 g/mol. The predicted molar refractivity (Wildman–Crippen MR) is 113 cm³/mol. The van der Waals surface area contributed by atoms with Crippen LogP contribution in [0, 0.1) is 19.8 Å². The predicted octanol–water partition coefficient (Wildman–Crippen LogP) is 3.67. The minimum Gasteiger partial charge on any atom is -0.496 e. The minimum atomic E-state index is 0.0942. The summed E-state index contributed by atoms with van der Waals surface area (Å²) in [6, 6.07) is 10.3. The van der Waals surface area contributed by atoms with E-state index in [1.54, 1.807) is 7.11 Å². The number of rotatable bonds is 7. The molecule has 1 aliphatic rings. The lowest BCUT2D eigenvalue weighted by Crippen LogP contribution is -2.42. The van der Waals surface area contributed by atoms with Crippen molar-refractivity contribution in [3.63, 3.8) is 0 Å². The van der Waals surface area contributed by atoms with Crippen LogP contribution in [0.3, 0.4) is 0 Å². The van der Waals surface area contributed by atoms with Gasteiger partial charge < -0.3 is 19.5 Å². The Kier molecular flexibility index (Phi) is 6.79. The summed E-state index contributed by atoms with van der Waals surface area (Å²) in [5, 5.41) is 0. The highest BCUT2D eigenvalue weighted by Crippen LogP contribution is 2.22. The number of carbonyl (C=O) groups is 1. The second kappa shape index (κ2) is 9.28. The zero-order valence-corrected chi connectivity index (χ0v) is 17.6. The zero-order chi connectivity index (χ0) is 20.1. The number of aromatic nitrogens is 1. The number of aryl methyl sites for hydroxylation is 2. The molecule has 0 saturated carbocycles. The number of nitrogens with zero attached hydrogens (tertiary/aromatic N) is 2. The number of ether oxygens (including phenoxy) is 1. The Balaban J connectivity index is 1.53. The van der Waals surface area contributed by atoms with Gasteiger partial charge in [0.2, 0.25) is 0 Å². The molecule has 1 aliphatic heterocycles. The number of carbonyl (C=O) groups excluding carboxylic acids is 1. The third-order valence-corrected chi connectivity index (χ3v) is 5.74. The number of hydrogen-bond donors (Lipinski definition) is 1. The third-order valence-electron chi connectivity index (χ3n) is 5.74. The largest absolute Gasteiger partial charge is 0.496 e. The van der Waals surface area contributed by atoms with E-state index in [1.165, 1.54) is 18.4 Å². The lowest BCUT2D eigenvalue weighted by atomic mass is 9.97. The van der Waals surface area contributed by atoms with Gasteiger partial charge in [0.1, 0.15) is 11.4 Å². The second-order valence-corrected chi connectivity index (χ2v) is 8.07. The normalized spacial score (nSPS) is 17.5. The average molecular weight is 384 g/mol. The van der Waals surface area contributed by atoms with Crippen LogP contribution in [0.4, 0.5) is 0 Å². The molecule has 0 aliphatic carbocycles. The van der Waals surface area contributed by atoms with E-state index in [4.69, 9.17) is 4.74 Å². The van der Waals surface area contributed by atoms with Crippen molar-refractivity contribution in [3.8, 4) is 5.75 Å². The lowest BCUT2D eigenvalue weighted by Gasteiger charge is -2.34. The van der Waals surface area contributed by atoms with Crippen LogP contribution in [-0.2, 0) is 6.42 Å². The molecule has 0 bridgehead atoms. The van der Waals surface area contributed by atoms with Crippen LogP contribution in [-0.4, -0.2) is 61.0 Å². The molecule has 1 amide bonds. The molecule has 1 saturated heterocycles. The van der Waals surface area contributed by atoms with Gasteiger partial charge in [-0.25, -0.2) is 0 Å². The van der Waals surface area contributed by atoms with E-state index >= 15 is 0 Å². The van der Waals surface area contributed by atoms with Gasteiger partial charge in [0, 0.05) is 32.4 Å². The van der Waals surface area contributed by atoms with Gasteiger partial charge in [0.05, 0.1) is 7.11 Å². The van der Waals surface area contributed by atoms with Gasteiger partial charge >= 0.3 is 0 Å². The first-order chi connectivity index (χ1) is 13.5. The summed E-state index contributed by atoms with van der Waals surface area (Å²) < 4.78 is 5.47. The van der Waals surface area contributed by atoms with Crippen molar-refractivity contribution >= 4 is 5.91 Å². The molecular formula is C23H33N3O2. The van der Waals surface area contributed by atoms with Crippen molar-refractivity contribution in [1.82, 2.24) is 14.8 Å². The lowest BCUT2D eigenvalue weighted by molar-refractivity contribution is 0.0724. The highest BCUT2D eigenvalue weighted by Gasteiger charge is 2.24. The Morgan fingerprint density at radius 3 is 2.82 bits per heavy atom. The summed E-state index contributed by atoms with van der Waals surface area (Å²) in [6.07, 6.45) is 3.37. The van der Waals surface area contributed by atoms with E-state index in [0.717, 1.165) is 55.3 Å². The number of nitrogens with one attached hydrogen (secondary N) is 1. The highest BCUT2D eigenvalue weighted by molar-refractivity contribution is 5.93. The SMILES string of the molecule is COc1ccccc1CCN1CCCC(CN(C)C(=O)c2[nH]c(C)cc2C)C1. The van der Waals surface area contributed by atoms with Crippen LogP contribution in [0.15, 0.2) is 30.3 Å². The number of benzene rings is 1. The summed E-state index contributed by atoms with van der Waals surface area (Å²) in [5.41, 5.74) is 4.05. The first kappa shape index (κ1) is 20.5. The van der Waals surface area contributed by atoms with Gasteiger partial charge in [0.15, 0.2) is 0 Å². The van der Waals surface area contributed by atoms with Gasteiger partial charge in [0.25, 0.3) is 5.91 Å². The quantitative estimate of drug-likeness (QED) is 0.794. The fourth-order valence-corrected chi connectivity index (χ4v) is 4.30. The number of methoxy groups -OCH3 is 1. The van der Waals surface area contributed by atoms with Crippen LogP contribution >= 0.6 is 0 Å². The summed E-state index contributed by atoms with van der Waals surface area (Å²) >= 11 is 0. The Morgan fingerprint density at radius 1 is 1.32 bits per heavy atom. The number of amides is 1. The van der Waals surface area contributed by atoms with Crippen molar-refractivity contribution < 1.29 is 9.53 Å². The van der Waals surface area contributed by atoms with Gasteiger partial charge in [-0.3, -0.25) is 4.79 Å². The maximum absolute atomic E-state index is 12.8. The summed E-state index contributed by atoms with van der Waals surface area (Å²) in [6.45, 7) is 8.01. The fourth-order valence-electron chi connectivity index (χ4n) is 4.30. The summed E-state index contributed by atoms with van der Waals surface area (Å²) in [4.78, 5) is 20.4. The standard InChI is InChI=1S/C23H33N3O2/c1-17-14-18(2)24-22(17)23(27)25(3)15-19-8-7-12-26(16-19)13-11-20-9-5-6-10-21(20)28-4/h5-6,9-10,14,19,24H,7-8,11-13,15-16H2,1-4H3. The molecule has 5 nitrogen and oxygen atoms in total. The maximum Gasteiger partial charge on any atom is 0.270 e. The molecule has 1 unspecified atom stereocenters. The molecule has 1 aromatic heterocycles. The maximum atomic E-state index is 12.8. The molecule has 152 valence electrons. The van der Waals surface area contributed by atoms with Gasteiger partial charge in [-0.05, 0) is 68.8 Å². The van der Waals surface area contributed by atoms with Crippen LogP contribution in [0.2, 0.25) is 0 Å². The molecule has 1 N–H and O–H groups in total. The van der Waals surface area contributed by atoms with Gasteiger partial charge in [-0.2, -0.15) is 0 Å². The zero-order valence-electron chi connectivity index (χ0n) is 17.6. The van der Waals surface area contributed by atoms with Gasteiger partial charge in [-0.15, -0.1) is 0 Å². The third kappa shape index (κ3) is 4.96. The van der Waals surface area contributed by atoms with Crippen molar-refractivity contribution in [2.75, 3.05) is 40.3 Å². The average Bonchev–Trinajstić information content (AvgIpc) is 3.04. The number of aromatic amines is 1. The van der Waals surface area contributed by atoms with Gasteiger partial charge in [-0.1, -0.05) is 18.2 Å². The molecular weight excluding hydrogens is 350 g/mol. The van der Waals surface area contributed by atoms with Crippen molar-refractivity contribution in [2.45, 2.75) is 33.1 Å². The first-order valence-corrected chi connectivity index (χ1v) is 10.2. The van der Waals surface area contributed by atoms with Crippen LogP contribution in [0.1, 0.15) is 40.2 Å². The number of likely N-dealkylation sites (tertiary alicyclic amines) is 1. The molecule has 28 heavy (non-hydrogen) atoms. The van der Waals surface area contributed by atoms with E-state index in [0.29, 0.717) is 5.92 Å². The van der Waals surface area contributed by atoms with Crippen molar-refractivity contribution in [3.05, 3.63) is 52.8 Å². The fraction of sp³-hybridized carbons (Fsp3) is 0.522. The molecule has 2 heterocycles. The number of hydrogen-bond acceptors (Lipinski definition) is 3. The van der Waals surface area contributed by atoms with Crippen LogP contribution < -0.4 is 4.74 Å². The van der Waals surface area contributed by atoms with Crippen LogP contribution in [0.5, 0.6) is 5.75 Å². The smallest absolute Gasteiger partial charge is 0.270 e. The van der Waals surface area contributed by atoms with E-state index in [2.05, 4.69) is 22.0 Å². The van der Waals surface area contributed by atoms with E-state index < -0.39 is 0 Å². The topological polar surface area (TPSA) is 48.6 Å².